The lowest BCUT2D eigenvalue weighted by Gasteiger charge is -2.03. The van der Waals surface area contributed by atoms with Crippen LogP contribution in [0.5, 0.6) is 0 Å². The zero-order valence-corrected chi connectivity index (χ0v) is 10.2. The number of H-pyrrole nitrogens is 1. The van der Waals surface area contributed by atoms with Crippen molar-refractivity contribution in [3.8, 4) is 17.3 Å². The van der Waals surface area contributed by atoms with E-state index < -0.39 is 0 Å². The first-order valence-corrected chi connectivity index (χ1v) is 6.42. The van der Waals surface area contributed by atoms with Gasteiger partial charge >= 0.3 is 0 Å². The van der Waals surface area contributed by atoms with E-state index >= 15 is 0 Å². The molecule has 0 spiro atoms. The van der Waals surface area contributed by atoms with Crippen LogP contribution in [0.3, 0.4) is 0 Å². The molecular weight excluding hydrogens is 222 g/mol. The zero-order chi connectivity index (χ0) is 12.4. The fourth-order valence-corrected chi connectivity index (χ4v) is 2.61. The Morgan fingerprint density at radius 1 is 1.17 bits per heavy atom. The van der Waals surface area contributed by atoms with E-state index in [0.717, 1.165) is 17.1 Å². The van der Waals surface area contributed by atoms with Crippen LogP contribution in [0.2, 0.25) is 0 Å². The molecule has 18 heavy (non-hydrogen) atoms. The van der Waals surface area contributed by atoms with Gasteiger partial charge in [0.1, 0.15) is 5.82 Å². The van der Waals surface area contributed by atoms with E-state index in [1.807, 2.05) is 30.5 Å². The summed E-state index contributed by atoms with van der Waals surface area (Å²) < 4.78 is 0. The minimum Gasteiger partial charge on any atom is -0.342 e. The standard InChI is InChI=1S/C15H15N3/c16-9-11-5-7-12(8-6-11)14-10-17-15(18-14)13-3-1-2-4-13/h5-8,10,13H,1-4H2,(H,17,18). The number of nitrogens with zero attached hydrogens (tertiary/aromatic N) is 2. The fraction of sp³-hybridized carbons (Fsp3) is 0.333. The summed E-state index contributed by atoms with van der Waals surface area (Å²) in [5.74, 6) is 1.73. The van der Waals surface area contributed by atoms with Crippen molar-refractivity contribution in [1.82, 2.24) is 9.97 Å². The van der Waals surface area contributed by atoms with Gasteiger partial charge in [-0.3, -0.25) is 0 Å². The quantitative estimate of drug-likeness (QED) is 0.867. The van der Waals surface area contributed by atoms with Gasteiger partial charge in [-0.15, -0.1) is 0 Å². The molecule has 0 amide bonds. The molecule has 0 bridgehead atoms. The molecule has 0 atom stereocenters. The SMILES string of the molecule is N#Cc1ccc(-c2cnc(C3CCCC3)[nH]2)cc1. The largest absolute Gasteiger partial charge is 0.342 e. The first-order valence-electron chi connectivity index (χ1n) is 6.42. The predicted molar refractivity (Wildman–Crippen MR) is 69.9 cm³/mol. The number of hydrogen-bond donors (Lipinski definition) is 1. The van der Waals surface area contributed by atoms with Crippen LogP contribution in [0, 0.1) is 11.3 Å². The second-order valence-electron chi connectivity index (χ2n) is 4.85. The number of nitrogens with one attached hydrogen (secondary N) is 1. The van der Waals surface area contributed by atoms with E-state index in [0.29, 0.717) is 11.5 Å². The second kappa shape index (κ2) is 4.66. The summed E-state index contributed by atoms with van der Waals surface area (Å²) in [5, 5.41) is 8.78. The third kappa shape index (κ3) is 2.02. The molecule has 0 radical (unpaired) electrons. The highest BCUT2D eigenvalue weighted by atomic mass is 14.9. The Morgan fingerprint density at radius 2 is 1.89 bits per heavy atom. The maximum absolute atomic E-state index is 8.78. The Hall–Kier alpha value is -2.08. The zero-order valence-electron chi connectivity index (χ0n) is 10.2. The van der Waals surface area contributed by atoms with Gasteiger partial charge in [-0.1, -0.05) is 25.0 Å². The van der Waals surface area contributed by atoms with E-state index in [-0.39, 0.29) is 0 Å². The second-order valence-corrected chi connectivity index (χ2v) is 4.85. The van der Waals surface area contributed by atoms with Crippen LogP contribution in [-0.4, -0.2) is 9.97 Å². The minimum atomic E-state index is 0.608. The van der Waals surface area contributed by atoms with Crippen LogP contribution in [0.1, 0.15) is 43.0 Å². The smallest absolute Gasteiger partial charge is 0.109 e. The minimum absolute atomic E-state index is 0.608. The Kier molecular flexibility index (Phi) is 2.85. The van der Waals surface area contributed by atoms with Crippen LogP contribution in [0.15, 0.2) is 30.5 Å². The molecule has 0 saturated heterocycles. The highest BCUT2D eigenvalue weighted by Gasteiger charge is 2.19. The highest BCUT2D eigenvalue weighted by molar-refractivity contribution is 5.59. The van der Waals surface area contributed by atoms with E-state index in [1.54, 1.807) is 0 Å². The van der Waals surface area contributed by atoms with Gasteiger partial charge in [-0.05, 0) is 30.5 Å². The van der Waals surface area contributed by atoms with Crippen molar-refractivity contribution in [1.29, 1.82) is 5.26 Å². The van der Waals surface area contributed by atoms with Gasteiger partial charge in [0.2, 0.25) is 0 Å². The number of benzene rings is 1. The highest BCUT2D eigenvalue weighted by Crippen LogP contribution is 2.33. The number of nitriles is 1. The topological polar surface area (TPSA) is 52.5 Å². The lowest BCUT2D eigenvalue weighted by Crippen LogP contribution is -1.94. The van der Waals surface area contributed by atoms with Crippen LogP contribution in [-0.2, 0) is 0 Å². The van der Waals surface area contributed by atoms with Crippen LogP contribution in [0.4, 0.5) is 0 Å². The fourth-order valence-electron chi connectivity index (χ4n) is 2.61. The Morgan fingerprint density at radius 3 is 2.56 bits per heavy atom. The molecule has 90 valence electrons. The first-order chi connectivity index (χ1) is 8.86. The number of aromatic nitrogens is 2. The Labute approximate surface area is 106 Å². The molecule has 1 saturated carbocycles. The molecule has 0 unspecified atom stereocenters. The molecule has 1 aliphatic rings. The van der Waals surface area contributed by atoms with Gasteiger partial charge < -0.3 is 4.98 Å². The van der Waals surface area contributed by atoms with Gasteiger partial charge in [0.15, 0.2) is 0 Å². The van der Waals surface area contributed by atoms with Crippen molar-refractivity contribution in [2.75, 3.05) is 0 Å². The molecule has 3 nitrogen and oxygen atoms in total. The van der Waals surface area contributed by atoms with Crippen molar-refractivity contribution >= 4 is 0 Å². The average Bonchev–Trinajstić information content (AvgIpc) is 3.09. The molecule has 1 aromatic heterocycles. The van der Waals surface area contributed by atoms with Crippen molar-refractivity contribution < 1.29 is 0 Å². The molecular formula is C15H15N3. The van der Waals surface area contributed by atoms with Crippen LogP contribution in [0.25, 0.3) is 11.3 Å². The van der Waals surface area contributed by atoms with Crippen molar-refractivity contribution in [3.63, 3.8) is 0 Å². The van der Waals surface area contributed by atoms with Gasteiger partial charge in [0.05, 0.1) is 23.5 Å². The molecule has 1 aliphatic carbocycles. The lowest BCUT2D eigenvalue weighted by molar-refractivity contribution is 0.679. The normalized spacial score (nSPS) is 15.7. The third-order valence-electron chi connectivity index (χ3n) is 3.66. The molecule has 1 fully saturated rings. The summed E-state index contributed by atoms with van der Waals surface area (Å²) in [6.07, 6.45) is 7.03. The molecule has 3 heteroatoms. The number of imidazole rings is 1. The number of hydrogen-bond acceptors (Lipinski definition) is 2. The van der Waals surface area contributed by atoms with E-state index in [2.05, 4.69) is 16.0 Å². The number of aromatic amines is 1. The van der Waals surface area contributed by atoms with Gasteiger partial charge in [-0.25, -0.2) is 4.98 Å². The van der Waals surface area contributed by atoms with E-state index in [1.165, 1.54) is 25.7 Å². The van der Waals surface area contributed by atoms with Crippen molar-refractivity contribution in [2.24, 2.45) is 0 Å². The number of rotatable bonds is 2. The Bertz CT molecular complexity index is 569. The van der Waals surface area contributed by atoms with E-state index in [9.17, 15) is 0 Å². The van der Waals surface area contributed by atoms with Crippen molar-refractivity contribution in [2.45, 2.75) is 31.6 Å². The summed E-state index contributed by atoms with van der Waals surface area (Å²) in [7, 11) is 0. The Balaban J connectivity index is 1.85. The summed E-state index contributed by atoms with van der Waals surface area (Å²) in [6, 6.07) is 9.73. The summed E-state index contributed by atoms with van der Waals surface area (Å²) in [4.78, 5) is 7.91. The lowest BCUT2D eigenvalue weighted by atomic mass is 10.1. The van der Waals surface area contributed by atoms with E-state index in [4.69, 9.17) is 5.26 Å². The van der Waals surface area contributed by atoms with Gasteiger partial charge in [0.25, 0.3) is 0 Å². The summed E-state index contributed by atoms with van der Waals surface area (Å²) in [5.41, 5.74) is 2.82. The predicted octanol–water partition coefficient (Wildman–Crippen LogP) is 3.61. The molecule has 1 aromatic carbocycles. The summed E-state index contributed by atoms with van der Waals surface area (Å²) >= 11 is 0. The maximum atomic E-state index is 8.78. The maximum Gasteiger partial charge on any atom is 0.109 e. The molecule has 1 N–H and O–H groups in total. The summed E-state index contributed by atoms with van der Waals surface area (Å²) in [6.45, 7) is 0. The molecule has 2 aromatic rings. The first kappa shape index (κ1) is 11.0. The molecule has 3 rings (SSSR count). The molecule has 0 aliphatic heterocycles. The van der Waals surface area contributed by atoms with Gasteiger partial charge in [-0.2, -0.15) is 5.26 Å². The average molecular weight is 237 g/mol. The molecule has 1 heterocycles. The third-order valence-corrected chi connectivity index (χ3v) is 3.66. The van der Waals surface area contributed by atoms with Gasteiger partial charge in [0, 0.05) is 5.92 Å². The van der Waals surface area contributed by atoms with Crippen LogP contribution >= 0.6 is 0 Å². The monoisotopic (exact) mass is 237 g/mol. The van der Waals surface area contributed by atoms with Crippen LogP contribution < -0.4 is 0 Å². The van der Waals surface area contributed by atoms with Crippen molar-refractivity contribution in [3.05, 3.63) is 41.9 Å².